The average Bonchev–Trinajstić information content (AvgIpc) is 1.55. The Morgan fingerprint density at radius 3 is 1.52 bits per heavy atom. The molecule has 96 heavy (non-hydrogen) atoms. The van der Waals surface area contributed by atoms with Crippen molar-refractivity contribution in [2.75, 3.05) is 4.90 Å². The van der Waals surface area contributed by atoms with Crippen LogP contribution >= 0.6 is 0 Å². The number of hydrogen-bond acceptors (Lipinski definition) is 16. The number of phenols is 2. The largest absolute Gasteiger partial charge is 0.506 e. The van der Waals surface area contributed by atoms with E-state index in [1.54, 1.807) is 6.07 Å². The maximum atomic E-state index is 14.1. The van der Waals surface area contributed by atoms with Crippen molar-refractivity contribution in [3.63, 3.8) is 0 Å². The van der Waals surface area contributed by atoms with E-state index >= 15 is 0 Å². The van der Waals surface area contributed by atoms with Gasteiger partial charge in [0.2, 0.25) is 23.5 Å². The molecule has 4 aromatic carbocycles. The first-order valence-corrected chi connectivity index (χ1v) is 28.2. The van der Waals surface area contributed by atoms with Crippen molar-refractivity contribution in [3.05, 3.63) is 177 Å². The molecular weight excluding hydrogens is 1350 g/mol. The molecule has 0 saturated carbocycles. The fourth-order valence-corrected chi connectivity index (χ4v) is 10.5. The van der Waals surface area contributed by atoms with Crippen LogP contribution < -0.4 is 16.0 Å². The molecule has 4 heterocycles. The van der Waals surface area contributed by atoms with Gasteiger partial charge in [0.05, 0.1) is 21.8 Å². The van der Waals surface area contributed by atoms with Gasteiger partial charge >= 0.3 is 30.7 Å². The molecule has 6 aromatic rings. The first kappa shape index (κ1) is 76.5. The fourth-order valence-electron chi connectivity index (χ4n) is 10.5. The first-order valence-electron chi connectivity index (χ1n) is 28.2. The Balaban J connectivity index is 0.000000269. The Hall–Kier alpha value is -10.2. The molecule has 0 aliphatic carbocycles. The summed E-state index contributed by atoms with van der Waals surface area (Å²) in [6, 6.07) is 9.59. The molecule has 513 valence electrons. The van der Waals surface area contributed by atoms with E-state index in [1.165, 1.54) is 77.9 Å². The number of nitriles is 1. The van der Waals surface area contributed by atoms with Crippen LogP contribution in [0.25, 0.3) is 4.85 Å². The summed E-state index contributed by atoms with van der Waals surface area (Å²) in [7, 11) is 0. The number of nitro benzene ring substituents is 2. The molecule has 4 N–H and O–H groups in total. The zero-order valence-electron chi connectivity index (χ0n) is 51.5. The molecule has 0 bridgehead atoms. The second-order valence-electron chi connectivity index (χ2n) is 22.3. The molecule has 1 radical (unpaired) electrons. The number of unbranched alkanes of at least 4 members (excludes halogenated alkanes) is 2. The van der Waals surface area contributed by atoms with E-state index in [2.05, 4.69) is 25.3 Å². The van der Waals surface area contributed by atoms with Crippen molar-refractivity contribution < 1.29 is 104 Å². The van der Waals surface area contributed by atoms with Crippen LogP contribution in [0, 0.1) is 52.0 Å². The van der Waals surface area contributed by atoms with Gasteiger partial charge in [-0.15, -0.1) is 20.5 Å². The Kier molecular flexibility index (Phi) is 23.3. The number of azo groups is 2. The summed E-state index contributed by atoms with van der Waals surface area (Å²) in [5.74, 6) is -1.60. The third-order valence-electron chi connectivity index (χ3n) is 15.3. The number of anilines is 1. The second-order valence-corrected chi connectivity index (χ2v) is 22.3. The number of phenolic OH excluding ortho intramolecular Hbond substituents is 2. The Morgan fingerprint density at radius 2 is 1.09 bits per heavy atom. The van der Waals surface area contributed by atoms with Crippen molar-refractivity contribution in [2.45, 2.75) is 142 Å². The quantitative estimate of drug-likeness (QED) is 0.0186. The van der Waals surface area contributed by atoms with Gasteiger partial charge in [0, 0.05) is 94.2 Å². The molecule has 0 amide bonds. The van der Waals surface area contributed by atoms with Crippen LogP contribution in [0.2, 0.25) is 0 Å². The number of hydrogen-bond donors (Lipinski definition) is 4. The fraction of sp³-hybridized carbons (Fsp3) is 0.361. The van der Waals surface area contributed by atoms with Gasteiger partial charge in [-0.1, -0.05) is 76.9 Å². The number of nitro groups is 2. The van der Waals surface area contributed by atoms with Gasteiger partial charge in [-0.3, -0.25) is 39.0 Å². The number of nitrogens with zero attached hydrogens (tertiary/aromatic N) is 12. The number of fused-ring (bicyclic) bond motifs is 2. The number of benzene rings is 4. The zero-order valence-corrected chi connectivity index (χ0v) is 52.6. The summed E-state index contributed by atoms with van der Waals surface area (Å²) < 4.78 is 171. The Labute approximate surface area is 547 Å². The predicted octanol–water partition coefficient (Wildman–Crippen LogP) is 16.5. The van der Waals surface area contributed by atoms with Crippen LogP contribution in [0.1, 0.15) is 95.0 Å². The topological polar surface area (TPSA) is 295 Å². The molecule has 2 aliphatic rings. The van der Waals surface area contributed by atoms with Crippen LogP contribution in [-0.2, 0) is 40.7 Å². The summed E-state index contributed by atoms with van der Waals surface area (Å²) in [5.41, 5.74) is -8.54. The maximum Gasteiger partial charge on any atom is 0.461 e. The minimum atomic E-state index is -5.91. The van der Waals surface area contributed by atoms with Crippen LogP contribution in [0.4, 0.5) is 104 Å². The Bertz CT molecular complexity index is 4140. The van der Waals surface area contributed by atoms with Crippen LogP contribution in [0.3, 0.4) is 0 Å². The van der Waals surface area contributed by atoms with Crippen molar-refractivity contribution in [1.29, 1.82) is 5.26 Å². The molecular formula is C61H57CoF12N12O10+. The van der Waals surface area contributed by atoms with E-state index in [0.717, 1.165) is 70.5 Å². The molecule has 2 aromatic heterocycles. The number of halogens is 12. The predicted molar refractivity (Wildman–Crippen MR) is 319 cm³/mol. The van der Waals surface area contributed by atoms with E-state index in [4.69, 9.17) is 6.57 Å². The first-order chi connectivity index (χ1) is 44.0. The number of pyridine rings is 2. The van der Waals surface area contributed by atoms with Gasteiger partial charge in [-0.25, -0.2) is 4.85 Å². The standard InChI is InChI=1S/C27H23F12N2.2C17H17N5O5.Co/c1-22(2)14-9-5-7-11-16(14)40(20(24(28,29)30)25(31,32)33)18(22)13-19-23(3,4)15-10-6-8-12-17(15)41(19)21(26(34,35)36)27(37,38)39;1-4-5-8-21-16(24)14(18-3)10(2)15(17(21)25)20-19-12-9-11(22(26)27)6-7-13(12)23;1-3-4-7-21-16(24)12(9-18)10(2)15(17(21)25)20-19-13-8-11(22(26)27)5-6-14(13)23;/h5-13,20-21H,1-4H3;6-7,9,23,25H,4-5,8H2,1-2H3;5-6,8,23,25H,3-4,7H2,1-2H3;/q+1;;;. The summed E-state index contributed by atoms with van der Waals surface area (Å²) in [6.45, 7) is 19.3. The monoisotopic (exact) mass is 1400 g/mol. The number of allylic oxidation sites excluding steroid dienone is 2. The molecule has 0 unspecified atom stereocenters. The van der Waals surface area contributed by atoms with Crippen molar-refractivity contribution in [3.8, 4) is 29.3 Å². The molecule has 0 atom stereocenters. The smallest absolute Gasteiger partial charge is 0.461 e. The van der Waals surface area contributed by atoms with Gasteiger partial charge in [0.1, 0.15) is 40.2 Å². The minimum Gasteiger partial charge on any atom is -0.506 e. The number of para-hydroxylation sites is 2. The van der Waals surface area contributed by atoms with Crippen molar-refractivity contribution >= 4 is 56.9 Å². The van der Waals surface area contributed by atoms with Crippen LogP contribution in [0.5, 0.6) is 23.3 Å². The van der Waals surface area contributed by atoms with Crippen molar-refractivity contribution in [2.24, 2.45) is 20.5 Å². The van der Waals surface area contributed by atoms with E-state index in [0.29, 0.717) is 18.9 Å². The van der Waals surface area contributed by atoms with Gasteiger partial charge in [-0.05, 0) is 69.9 Å². The van der Waals surface area contributed by atoms with E-state index in [-0.39, 0.29) is 118 Å². The molecule has 0 saturated heterocycles. The van der Waals surface area contributed by atoms with E-state index in [9.17, 15) is 108 Å². The molecule has 2 aliphatic heterocycles. The summed E-state index contributed by atoms with van der Waals surface area (Å²) >= 11 is 0. The number of aromatic nitrogens is 2. The maximum absolute atomic E-state index is 14.1. The van der Waals surface area contributed by atoms with Gasteiger partial charge in [0.25, 0.3) is 28.2 Å². The molecule has 8 rings (SSSR count). The van der Waals surface area contributed by atoms with Gasteiger partial charge in [-0.2, -0.15) is 62.5 Å². The average molecular weight is 1410 g/mol. The summed E-state index contributed by atoms with van der Waals surface area (Å²) in [5, 5.41) is 86.6. The van der Waals surface area contributed by atoms with E-state index in [1.807, 2.05) is 13.8 Å². The number of aromatic hydroxyl groups is 4. The minimum absolute atomic E-state index is 0. The van der Waals surface area contributed by atoms with Gasteiger partial charge in [0.15, 0.2) is 11.4 Å². The molecule has 0 spiro atoms. The third kappa shape index (κ3) is 15.6. The summed E-state index contributed by atoms with van der Waals surface area (Å²) in [4.78, 5) is 48.2. The normalized spacial score (nSPS) is 14.6. The number of non-ortho nitro benzene ring substituents is 2. The van der Waals surface area contributed by atoms with Crippen LogP contribution in [0.15, 0.2) is 127 Å². The number of rotatable bonds is 15. The van der Waals surface area contributed by atoms with Gasteiger partial charge < -0.3 is 25.3 Å². The van der Waals surface area contributed by atoms with E-state index < -0.39 is 103 Å². The molecule has 22 nitrogen and oxygen atoms in total. The Morgan fingerprint density at radius 1 is 0.656 bits per heavy atom. The molecule has 35 heteroatoms. The third-order valence-corrected chi connectivity index (χ3v) is 15.3. The van der Waals surface area contributed by atoms with Crippen molar-refractivity contribution in [1.82, 2.24) is 9.13 Å². The SMILES string of the molecule is CC1(C)C(=CC2=[N+](C(C(F)(F)F)C(F)(F)F)c3ccccc3C2(C)C)N(C(C(F)(F)F)C(F)(F)F)c2ccccc21.CCCCn1c(O)c(N=Nc2cc([N+](=O)[O-])ccc2O)c(C)c(C#N)c1=O.[C-]#[N+]c1c(C)c(N=Nc2cc([N+](=O)[O-])ccc2O)c(O)n(CCCC)c1=O.[Co]. The second kappa shape index (κ2) is 29.2. The number of alkyl halides is 12. The van der Waals surface area contributed by atoms with Crippen LogP contribution in [-0.4, -0.2) is 86.5 Å². The zero-order chi connectivity index (χ0) is 71.4. The molecule has 0 fully saturated rings. The summed E-state index contributed by atoms with van der Waals surface area (Å²) in [6.07, 6.45) is -20.3.